The van der Waals surface area contributed by atoms with Crippen LogP contribution >= 0.6 is 0 Å². The molecule has 0 aliphatic rings. The van der Waals surface area contributed by atoms with E-state index in [1.807, 2.05) is 0 Å². The smallest absolute Gasteiger partial charge is 0.0707 e. The summed E-state index contributed by atoms with van der Waals surface area (Å²) in [6, 6.07) is 10.6. The van der Waals surface area contributed by atoms with Crippen LogP contribution < -0.4 is 0 Å². The molecule has 0 radical (unpaired) electrons. The van der Waals surface area contributed by atoms with Gasteiger partial charge in [0, 0.05) is 11.1 Å². The number of fused-ring (bicyclic) bond motifs is 1. The number of hydrogen-bond donors (Lipinski definition) is 0. The van der Waals surface area contributed by atoms with Gasteiger partial charge < -0.3 is 0 Å². The first-order chi connectivity index (χ1) is 6.29. The highest BCUT2D eigenvalue weighted by Crippen LogP contribution is 2.14. The lowest BCUT2D eigenvalue weighted by atomic mass is 10.1. The van der Waals surface area contributed by atoms with E-state index in [0.29, 0.717) is 0 Å². The molecule has 1 heterocycles. The van der Waals surface area contributed by atoms with Crippen molar-refractivity contribution in [3.05, 3.63) is 41.6 Å². The standard InChI is InChI=1S/C12H13N/c1-3-11-7-6-10-5-4-9(2)8-12(10)13-11/h4-8H,3H2,1-2H3. The van der Waals surface area contributed by atoms with E-state index in [2.05, 4.69) is 49.2 Å². The zero-order chi connectivity index (χ0) is 9.26. The van der Waals surface area contributed by atoms with Gasteiger partial charge in [0.2, 0.25) is 0 Å². The number of pyridine rings is 1. The molecule has 0 N–H and O–H groups in total. The lowest BCUT2D eigenvalue weighted by Gasteiger charge is -2.00. The van der Waals surface area contributed by atoms with Crippen LogP contribution in [-0.4, -0.2) is 4.98 Å². The summed E-state index contributed by atoms with van der Waals surface area (Å²) in [7, 11) is 0. The van der Waals surface area contributed by atoms with E-state index in [9.17, 15) is 0 Å². The minimum Gasteiger partial charge on any atom is -0.253 e. The molecule has 2 rings (SSSR count). The maximum atomic E-state index is 4.55. The lowest BCUT2D eigenvalue weighted by Crippen LogP contribution is -1.87. The van der Waals surface area contributed by atoms with Gasteiger partial charge in [-0.2, -0.15) is 0 Å². The molecule has 0 aliphatic carbocycles. The van der Waals surface area contributed by atoms with E-state index in [4.69, 9.17) is 0 Å². The van der Waals surface area contributed by atoms with Crippen LogP contribution in [0.4, 0.5) is 0 Å². The maximum Gasteiger partial charge on any atom is 0.0707 e. The highest BCUT2D eigenvalue weighted by atomic mass is 14.7. The highest BCUT2D eigenvalue weighted by molar-refractivity contribution is 5.79. The summed E-state index contributed by atoms with van der Waals surface area (Å²) in [4.78, 5) is 4.55. The summed E-state index contributed by atoms with van der Waals surface area (Å²) in [5.41, 5.74) is 3.55. The number of hydrogen-bond acceptors (Lipinski definition) is 1. The Hall–Kier alpha value is -1.37. The van der Waals surface area contributed by atoms with E-state index in [1.165, 1.54) is 10.9 Å². The van der Waals surface area contributed by atoms with Crippen molar-refractivity contribution < 1.29 is 0 Å². The monoisotopic (exact) mass is 171 g/mol. The molecule has 1 aromatic carbocycles. The minimum atomic E-state index is 1.00. The fourth-order valence-electron chi connectivity index (χ4n) is 1.47. The fourth-order valence-corrected chi connectivity index (χ4v) is 1.47. The molecular weight excluding hydrogens is 158 g/mol. The summed E-state index contributed by atoms with van der Waals surface area (Å²) >= 11 is 0. The molecule has 0 unspecified atom stereocenters. The van der Waals surface area contributed by atoms with Gasteiger partial charge in [-0.25, -0.2) is 0 Å². The molecule has 0 amide bonds. The second-order valence-corrected chi connectivity index (χ2v) is 3.35. The first kappa shape index (κ1) is 8.24. The third-order valence-corrected chi connectivity index (χ3v) is 2.27. The quantitative estimate of drug-likeness (QED) is 0.642. The predicted octanol–water partition coefficient (Wildman–Crippen LogP) is 3.11. The number of nitrogens with zero attached hydrogens (tertiary/aromatic N) is 1. The Morgan fingerprint density at radius 2 is 1.92 bits per heavy atom. The van der Waals surface area contributed by atoms with Crippen LogP contribution in [0.1, 0.15) is 18.2 Å². The van der Waals surface area contributed by atoms with Crippen molar-refractivity contribution in [2.75, 3.05) is 0 Å². The third kappa shape index (κ3) is 1.55. The Kier molecular flexibility index (Phi) is 2.01. The van der Waals surface area contributed by atoms with Gasteiger partial charge in [-0.05, 0) is 31.0 Å². The van der Waals surface area contributed by atoms with Crippen LogP contribution in [-0.2, 0) is 6.42 Å². The number of rotatable bonds is 1. The normalized spacial score (nSPS) is 10.6. The second kappa shape index (κ2) is 3.17. The summed E-state index contributed by atoms with van der Waals surface area (Å²) in [5, 5.41) is 1.22. The molecule has 0 fully saturated rings. The van der Waals surface area contributed by atoms with E-state index in [0.717, 1.165) is 17.6 Å². The second-order valence-electron chi connectivity index (χ2n) is 3.35. The van der Waals surface area contributed by atoms with Crippen molar-refractivity contribution in [1.29, 1.82) is 0 Å². The zero-order valence-electron chi connectivity index (χ0n) is 8.04. The summed E-state index contributed by atoms with van der Waals surface area (Å²) in [6.07, 6.45) is 1.00. The van der Waals surface area contributed by atoms with Crippen LogP contribution in [0.15, 0.2) is 30.3 Å². The van der Waals surface area contributed by atoms with Gasteiger partial charge in [-0.3, -0.25) is 4.98 Å². The Bertz CT molecular complexity index is 432. The number of aryl methyl sites for hydroxylation is 2. The van der Waals surface area contributed by atoms with E-state index < -0.39 is 0 Å². The van der Waals surface area contributed by atoms with Gasteiger partial charge in [0.05, 0.1) is 5.52 Å². The van der Waals surface area contributed by atoms with Crippen molar-refractivity contribution in [1.82, 2.24) is 4.98 Å². The van der Waals surface area contributed by atoms with Crippen molar-refractivity contribution >= 4 is 10.9 Å². The van der Waals surface area contributed by atoms with Gasteiger partial charge in [-0.1, -0.05) is 25.1 Å². The Morgan fingerprint density at radius 1 is 1.15 bits per heavy atom. The minimum absolute atomic E-state index is 1.00. The molecule has 1 nitrogen and oxygen atoms in total. The molecule has 1 aromatic heterocycles. The molecule has 13 heavy (non-hydrogen) atoms. The Balaban J connectivity index is 2.68. The molecule has 66 valence electrons. The summed E-state index contributed by atoms with van der Waals surface area (Å²) < 4.78 is 0. The van der Waals surface area contributed by atoms with Crippen molar-refractivity contribution in [2.45, 2.75) is 20.3 Å². The zero-order valence-corrected chi connectivity index (χ0v) is 8.04. The van der Waals surface area contributed by atoms with Crippen molar-refractivity contribution in [3.63, 3.8) is 0 Å². The average molecular weight is 171 g/mol. The van der Waals surface area contributed by atoms with Gasteiger partial charge in [0.1, 0.15) is 0 Å². The maximum absolute atomic E-state index is 4.55. The Morgan fingerprint density at radius 3 is 2.69 bits per heavy atom. The summed E-state index contributed by atoms with van der Waals surface area (Å²) in [6.45, 7) is 4.23. The van der Waals surface area contributed by atoms with Crippen molar-refractivity contribution in [3.8, 4) is 0 Å². The van der Waals surface area contributed by atoms with Gasteiger partial charge >= 0.3 is 0 Å². The van der Waals surface area contributed by atoms with Crippen LogP contribution in [0.3, 0.4) is 0 Å². The highest BCUT2D eigenvalue weighted by Gasteiger charge is 1.96. The molecule has 0 saturated heterocycles. The van der Waals surface area contributed by atoms with Gasteiger partial charge in [0.25, 0.3) is 0 Å². The van der Waals surface area contributed by atoms with E-state index >= 15 is 0 Å². The molecule has 0 atom stereocenters. The average Bonchev–Trinajstić information content (AvgIpc) is 2.16. The number of benzene rings is 1. The SMILES string of the molecule is CCc1ccc2ccc(C)cc2n1. The Labute approximate surface area is 78.4 Å². The molecule has 0 spiro atoms. The van der Waals surface area contributed by atoms with Crippen LogP contribution in [0.2, 0.25) is 0 Å². The first-order valence-corrected chi connectivity index (χ1v) is 4.66. The van der Waals surface area contributed by atoms with Crippen LogP contribution in [0.5, 0.6) is 0 Å². The molecule has 0 bridgehead atoms. The molecular formula is C12H13N. The first-order valence-electron chi connectivity index (χ1n) is 4.66. The summed E-state index contributed by atoms with van der Waals surface area (Å²) in [5.74, 6) is 0. The molecule has 2 aromatic rings. The van der Waals surface area contributed by atoms with Crippen molar-refractivity contribution in [2.24, 2.45) is 0 Å². The topological polar surface area (TPSA) is 12.9 Å². The molecule has 0 saturated carbocycles. The van der Waals surface area contributed by atoms with E-state index in [-0.39, 0.29) is 0 Å². The molecule has 0 aliphatic heterocycles. The van der Waals surface area contributed by atoms with Gasteiger partial charge in [-0.15, -0.1) is 0 Å². The largest absolute Gasteiger partial charge is 0.253 e. The fraction of sp³-hybridized carbons (Fsp3) is 0.250. The molecule has 1 heteroatoms. The third-order valence-electron chi connectivity index (χ3n) is 2.27. The van der Waals surface area contributed by atoms with Crippen LogP contribution in [0.25, 0.3) is 10.9 Å². The van der Waals surface area contributed by atoms with E-state index in [1.54, 1.807) is 0 Å². The predicted molar refractivity (Wildman–Crippen MR) is 55.9 cm³/mol. The number of aromatic nitrogens is 1. The lowest BCUT2D eigenvalue weighted by molar-refractivity contribution is 1.06. The van der Waals surface area contributed by atoms with Crippen LogP contribution in [0, 0.1) is 6.92 Å². The van der Waals surface area contributed by atoms with Gasteiger partial charge in [0.15, 0.2) is 0 Å².